The van der Waals surface area contributed by atoms with Crippen LogP contribution in [0.15, 0.2) is 12.2 Å². The van der Waals surface area contributed by atoms with E-state index in [0.29, 0.717) is 13.0 Å². The van der Waals surface area contributed by atoms with E-state index in [0.717, 1.165) is 12.8 Å². The van der Waals surface area contributed by atoms with Crippen LogP contribution in [0.2, 0.25) is 0 Å². The molecule has 0 N–H and O–H groups in total. The van der Waals surface area contributed by atoms with Crippen molar-refractivity contribution >= 4 is 5.97 Å². The standard InChI is InChI=1S/C58H114O2/c1-3-5-7-9-11-13-15-17-19-21-22-23-24-25-26-27-28-29-30-31-32-33-34-35-36-37-38-39-41-43-45-47-49-51-53-55-57-60-58(59)56-54-52-50-48-46-44-42-40-20-18-16-14-12-10-8-6-4-2/h14,16H,3-13,15,17-57H2,1-2H3. The van der Waals surface area contributed by atoms with Crippen LogP contribution in [0.5, 0.6) is 0 Å². The molecule has 0 heterocycles. The van der Waals surface area contributed by atoms with Gasteiger partial charge in [0.05, 0.1) is 6.61 Å². The minimum Gasteiger partial charge on any atom is -0.466 e. The summed E-state index contributed by atoms with van der Waals surface area (Å²) in [4.78, 5) is 12.1. The Balaban J connectivity index is 3.14. The summed E-state index contributed by atoms with van der Waals surface area (Å²) < 4.78 is 5.50. The van der Waals surface area contributed by atoms with Gasteiger partial charge in [0.15, 0.2) is 0 Å². The molecule has 0 amide bonds. The molecule has 0 aliphatic rings. The summed E-state index contributed by atoms with van der Waals surface area (Å²) in [5.41, 5.74) is 0. The van der Waals surface area contributed by atoms with Gasteiger partial charge in [-0.2, -0.15) is 0 Å². The molecule has 0 saturated heterocycles. The van der Waals surface area contributed by atoms with E-state index in [1.165, 1.54) is 315 Å². The Morgan fingerprint density at radius 1 is 0.267 bits per heavy atom. The second kappa shape index (κ2) is 56.2. The van der Waals surface area contributed by atoms with Gasteiger partial charge < -0.3 is 4.74 Å². The lowest BCUT2D eigenvalue weighted by molar-refractivity contribution is -0.143. The lowest BCUT2D eigenvalue weighted by Crippen LogP contribution is -2.05. The van der Waals surface area contributed by atoms with Gasteiger partial charge in [0.2, 0.25) is 0 Å². The van der Waals surface area contributed by atoms with Gasteiger partial charge in [0.25, 0.3) is 0 Å². The Kier molecular flexibility index (Phi) is 55.5. The monoisotopic (exact) mass is 843 g/mol. The first-order chi connectivity index (χ1) is 29.8. The van der Waals surface area contributed by atoms with Crippen LogP contribution in [0.1, 0.15) is 348 Å². The molecule has 0 saturated carbocycles. The number of esters is 1. The zero-order valence-electron chi connectivity index (χ0n) is 41.9. The maximum absolute atomic E-state index is 12.1. The molecule has 0 aliphatic heterocycles. The minimum absolute atomic E-state index is 0.0290. The molecule has 0 bridgehead atoms. The van der Waals surface area contributed by atoms with Crippen molar-refractivity contribution in [2.75, 3.05) is 6.61 Å². The van der Waals surface area contributed by atoms with E-state index in [1.54, 1.807) is 0 Å². The fourth-order valence-electron chi connectivity index (χ4n) is 9.14. The van der Waals surface area contributed by atoms with Crippen LogP contribution in [0, 0.1) is 0 Å². The molecule has 0 aromatic carbocycles. The van der Waals surface area contributed by atoms with E-state index < -0.39 is 0 Å². The van der Waals surface area contributed by atoms with Gasteiger partial charge in [-0.3, -0.25) is 4.79 Å². The molecule has 0 rings (SSSR count). The predicted molar refractivity (Wildman–Crippen MR) is 272 cm³/mol. The van der Waals surface area contributed by atoms with Gasteiger partial charge in [-0.25, -0.2) is 0 Å². The molecule has 0 aromatic rings. The third-order valence-electron chi connectivity index (χ3n) is 13.4. The van der Waals surface area contributed by atoms with Crippen molar-refractivity contribution in [2.45, 2.75) is 348 Å². The maximum atomic E-state index is 12.1. The number of allylic oxidation sites excluding steroid dienone is 2. The van der Waals surface area contributed by atoms with Crippen molar-refractivity contribution in [1.82, 2.24) is 0 Å². The van der Waals surface area contributed by atoms with Crippen LogP contribution in [0.4, 0.5) is 0 Å². The van der Waals surface area contributed by atoms with Gasteiger partial charge >= 0.3 is 5.97 Å². The molecule has 2 nitrogen and oxygen atoms in total. The van der Waals surface area contributed by atoms with Crippen molar-refractivity contribution in [2.24, 2.45) is 0 Å². The molecule has 60 heavy (non-hydrogen) atoms. The molecular weight excluding hydrogens is 729 g/mol. The van der Waals surface area contributed by atoms with Crippen LogP contribution in [0.3, 0.4) is 0 Å². The van der Waals surface area contributed by atoms with Gasteiger partial charge in [-0.1, -0.05) is 315 Å². The normalized spacial score (nSPS) is 11.7. The van der Waals surface area contributed by atoms with E-state index >= 15 is 0 Å². The molecule has 2 heteroatoms. The SMILES string of the molecule is CCCCCCC=CCCCCCCCCCCCC(=O)OCCCCCCCCCCCCCCCCCCCCCCCCCCCCCCCCCCCCCC. The molecule has 0 aliphatic carbocycles. The van der Waals surface area contributed by atoms with Crippen molar-refractivity contribution in [3.05, 3.63) is 12.2 Å². The number of hydrogen-bond donors (Lipinski definition) is 0. The fraction of sp³-hybridized carbons (Fsp3) is 0.948. The van der Waals surface area contributed by atoms with Gasteiger partial charge in [-0.05, 0) is 38.5 Å². The van der Waals surface area contributed by atoms with E-state index in [2.05, 4.69) is 26.0 Å². The lowest BCUT2D eigenvalue weighted by atomic mass is 10.0. The highest BCUT2D eigenvalue weighted by Crippen LogP contribution is 2.18. The highest BCUT2D eigenvalue weighted by atomic mass is 16.5. The lowest BCUT2D eigenvalue weighted by Gasteiger charge is -2.06. The average Bonchev–Trinajstić information content (AvgIpc) is 3.25. The summed E-state index contributed by atoms with van der Waals surface area (Å²) in [6.07, 6.45) is 76.9. The summed E-state index contributed by atoms with van der Waals surface area (Å²) in [5.74, 6) is 0.0290. The zero-order chi connectivity index (χ0) is 43.2. The van der Waals surface area contributed by atoms with E-state index in [1.807, 2.05) is 0 Å². The van der Waals surface area contributed by atoms with Crippen LogP contribution in [-0.2, 0) is 9.53 Å². The number of carbonyl (C=O) groups excluding carboxylic acids is 1. The third kappa shape index (κ3) is 55.2. The number of unbranched alkanes of at least 4 members (excludes halogenated alkanes) is 48. The Labute approximate surface area is 380 Å². The van der Waals surface area contributed by atoms with Gasteiger partial charge in [-0.15, -0.1) is 0 Å². The summed E-state index contributed by atoms with van der Waals surface area (Å²) in [6, 6.07) is 0. The van der Waals surface area contributed by atoms with Crippen LogP contribution >= 0.6 is 0 Å². The van der Waals surface area contributed by atoms with Gasteiger partial charge in [0.1, 0.15) is 0 Å². The van der Waals surface area contributed by atoms with Crippen molar-refractivity contribution in [1.29, 1.82) is 0 Å². The molecular formula is C58H114O2. The molecule has 0 spiro atoms. The molecule has 0 radical (unpaired) electrons. The smallest absolute Gasteiger partial charge is 0.305 e. The van der Waals surface area contributed by atoms with E-state index in [9.17, 15) is 4.79 Å². The predicted octanol–water partition coefficient (Wildman–Crippen LogP) is 21.4. The van der Waals surface area contributed by atoms with Crippen LogP contribution in [0.25, 0.3) is 0 Å². The third-order valence-corrected chi connectivity index (χ3v) is 13.4. The second-order valence-electron chi connectivity index (χ2n) is 19.6. The minimum atomic E-state index is 0.0290. The van der Waals surface area contributed by atoms with Crippen LogP contribution in [-0.4, -0.2) is 12.6 Å². The Morgan fingerprint density at radius 2 is 0.467 bits per heavy atom. The molecule has 0 unspecified atom stereocenters. The molecule has 0 atom stereocenters. The highest BCUT2D eigenvalue weighted by molar-refractivity contribution is 5.69. The number of ether oxygens (including phenoxy) is 1. The Hall–Kier alpha value is -0.790. The summed E-state index contributed by atoms with van der Waals surface area (Å²) in [5, 5.41) is 0. The first-order valence-corrected chi connectivity index (χ1v) is 28.6. The summed E-state index contributed by atoms with van der Waals surface area (Å²) in [6.45, 7) is 5.22. The quantitative estimate of drug-likeness (QED) is 0.0346. The first-order valence-electron chi connectivity index (χ1n) is 28.6. The van der Waals surface area contributed by atoms with Crippen molar-refractivity contribution in [3.63, 3.8) is 0 Å². The zero-order valence-corrected chi connectivity index (χ0v) is 41.9. The number of carbonyl (C=O) groups is 1. The molecule has 358 valence electrons. The van der Waals surface area contributed by atoms with E-state index in [-0.39, 0.29) is 5.97 Å². The molecule has 0 fully saturated rings. The van der Waals surface area contributed by atoms with Crippen molar-refractivity contribution in [3.8, 4) is 0 Å². The largest absolute Gasteiger partial charge is 0.466 e. The first kappa shape index (κ1) is 59.2. The fourth-order valence-corrected chi connectivity index (χ4v) is 9.14. The average molecular weight is 844 g/mol. The van der Waals surface area contributed by atoms with Crippen molar-refractivity contribution < 1.29 is 9.53 Å². The Bertz CT molecular complexity index is 788. The molecule has 0 aromatic heterocycles. The Morgan fingerprint density at radius 3 is 0.733 bits per heavy atom. The summed E-state index contributed by atoms with van der Waals surface area (Å²) in [7, 11) is 0. The topological polar surface area (TPSA) is 26.3 Å². The number of hydrogen-bond acceptors (Lipinski definition) is 2. The summed E-state index contributed by atoms with van der Waals surface area (Å²) >= 11 is 0. The maximum Gasteiger partial charge on any atom is 0.305 e. The van der Waals surface area contributed by atoms with Crippen LogP contribution < -0.4 is 0 Å². The van der Waals surface area contributed by atoms with E-state index in [4.69, 9.17) is 4.74 Å². The highest BCUT2D eigenvalue weighted by Gasteiger charge is 2.03. The second-order valence-corrected chi connectivity index (χ2v) is 19.6. The van der Waals surface area contributed by atoms with Gasteiger partial charge in [0, 0.05) is 6.42 Å². The number of rotatable bonds is 54.